The van der Waals surface area contributed by atoms with Crippen LogP contribution in [0, 0.1) is 5.92 Å². The summed E-state index contributed by atoms with van der Waals surface area (Å²) in [7, 11) is 0. The van der Waals surface area contributed by atoms with Crippen molar-refractivity contribution in [2.45, 2.75) is 52.1 Å². The Kier molecular flexibility index (Phi) is 6.06. The largest absolute Gasteiger partial charge is 0.309 e. The van der Waals surface area contributed by atoms with Gasteiger partial charge in [-0.25, -0.2) is 0 Å². The first-order valence-corrected chi connectivity index (χ1v) is 8.28. The Labute approximate surface area is 124 Å². The van der Waals surface area contributed by atoms with Gasteiger partial charge in [-0.15, -0.1) is 0 Å². The lowest BCUT2D eigenvalue weighted by Gasteiger charge is -2.35. The Morgan fingerprint density at radius 1 is 1.20 bits per heavy atom. The summed E-state index contributed by atoms with van der Waals surface area (Å²) in [5, 5.41) is 3.72. The van der Waals surface area contributed by atoms with Crippen LogP contribution in [0.25, 0.3) is 0 Å². The standard InChI is InChI=1S/C18H30N2/c1-4-16(5-2)15(3)20-13-9-12-19-18(14-20)17-10-7-6-8-11-17/h6-8,10-11,15-16,18-19H,4-5,9,12-14H2,1-3H3. The van der Waals surface area contributed by atoms with E-state index in [0.29, 0.717) is 12.1 Å². The molecule has 0 spiro atoms. The van der Waals surface area contributed by atoms with Gasteiger partial charge in [0.25, 0.3) is 0 Å². The van der Waals surface area contributed by atoms with Crippen molar-refractivity contribution in [1.29, 1.82) is 0 Å². The molecule has 112 valence electrons. The second-order valence-corrected chi connectivity index (χ2v) is 6.08. The van der Waals surface area contributed by atoms with E-state index < -0.39 is 0 Å². The molecular formula is C18H30N2. The van der Waals surface area contributed by atoms with Gasteiger partial charge in [0, 0.05) is 18.6 Å². The Morgan fingerprint density at radius 2 is 1.90 bits per heavy atom. The zero-order valence-electron chi connectivity index (χ0n) is 13.3. The summed E-state index contributed by atoms with van der Waals surface area (Å²) in [4.78, 5) is 2.70. The number of hydrogen-bond acceptors (Lipinski definition) is 2. The van der Waals surface area contributed by atoms with E-state index in [9.17, 15) is 0 Å². The Balaban J connectivity index is 2.07. The van der Waals surface area contributed by atoms with Crippen molar-refractivity contribution in [3.63, 3.8) is 0 Å². The molecule has 2 heteroatoms. The predicted octanol–water partition coefficient (Wildman–Crippen LogP) is 3.85. The predicted molar refractivity (Wildman–Crippen MR) is 86.9 cm³/mol. The highest BCUT2D eigenvalue weighted by Crippen LogP contribution is 2.23. The maximum atomic E-state index is 3.72. The van der Waals surface area contributed by atoms with E-state index in [2.05, 4.69) is 61.3 Å². The molecule has 20 heavy (non-hydrogen) atoms. The molecule has 0 aliphatic carbocycles. The number of nitrogens with zero attached hydrogens (tertiary/aromatic N) is 1. The van der Waals surface area contributed by atoms with Crippen LogP contribution in [0.2, 0.25) is 0 Å². The van der Waals surface area contributed by atoms with Gasteiger partial charge < -0.3 is 5.32 Å². The molecule has 1 N–H and O–H groups in total. The quantitative estimate of drug-likeness (QED) is 0.877. The van der Waals surface area contributed by atoms with Crippen LogP contribution in [-0.2, 0) is 0 Å². The van der Waals surface area contributed by atoms with Crippen molar-refractivity contribution in [2.24, 2.45) is 5.92 Å². The number of rotatable bonds is 5. The maximum Gasteiger partial charge on any atom is 0.0449 e. The van der Waals surface area contributed by atoms with Gasteiger partial charge in [-0.2, -0.15) is 0 Å². The highest BCUT2D eigenvalue weighted by Gasteiger charge is 2.25. The van der Waals surface area contributed by atoms with Gasteiger partial charge >= 0.3 is 0 Å². The molecule has 1 aromatic carbocycles. The average molecular weight is 274 g/mol. The Hall–Kier alpha value is -0.860. The average Bonchev–Trinajstić information content (AvgIpc) is 2.75. The summed E-state index contributed by atoms with van der Waals surface area (Å²) < 4.78 is 0. The fourth-order valence-electron chi connectivity index (χ4n) is 3.50. The third kappa shape index (κ3) is 3.83. The minimum Gasteiger partial charge on any atom is -0.309 e. The molecule has 0 saturated carbocycles. The van der Waals surface area contributed by atoms with Gasteiger partial charge in [-0.05, 0) is 37.9 Å². The third-order valence-electron chi connectivity index (χ3n) is 4.94. The fraction of sp³-hybridized carbons (Fsp3) is 0.667. The summed E-state index contributed by atoms with van der Waals surface area (Å²) in [6.45, 7) is 10.6. The summed E-state index contributed by atoms with van der Waals surface area (Å²) in [5.74, 6) is 0.824. The molecular weight excluding hydrogens is 244 g/mol. The minimum absolute atomic E-state index is 0.482. The first-order valence-electron chi connectivity index (χ1n) is 8.28. The lowest BCUT2D eigenvalue weighted by Crippen LogP contribution is -2.41. The summed E-state index contributed by atoms with van der Waals surface area (Å²) in [5.41, 5.74) is 1.43. The molecule has 1 aliphatic rings. The van der Waals surface area contributed by atoms with E-state index in [-0.39, 0.29) is 0 Å². The van der Waals surface area contributed by atoms with E-state index in [1.807, 2.05) is 0 Å². The van der Waals surface area contributed by atoms with Gasteiger partial charge in [-0.3, -0.25) is 4.90 Å². The van der Waals surface area contributed by atoms with Gasteiger partial charge in [0.2, 0.25) is 0 Å². The van der Waals surface area contributed by atoms with Gasteiger partial charge in [-0.1, -0.05) is 57.0 Å². The van der Waals surface area contributed by atoms with E-state index in [1.54, 1.807) is 0 Å². The van der Waals surface area contributed by atoms with Gasteiger partial charge in [0.05, 0.1) is 0 Å². The highest BCUT2D eigenvalue weighted by atomic mass is 15.2. The van der Waals surface area contributed by atoms with Crippen LogP contribution in [0.15, 0.2) is 30.3 Å². The molecule has 2 rings (SSSR count). The molecule has 1 heterocycles. The van der Waals surface area contributed by atoms with Crippen LogP contribution in [0.1, 0.15) is 51.6 Å². The van der Waals surface area contributed by atoms with Crippen molar-refractivity contribution >= 4 is 0 Å². The van der Waals surface area contributed by atoms with Crippen LogP contribution in [0.5, 0.6) is 0 Å². The van der Waals surface area contributed by atoms with Crippen LogP contribution < -0.4 is 5.32 Å². The van der Waals surface area contributed by atoms with E-state index in [0.717, 1.165) is 19.0 Å². The van der Waals surface area contributed by atoms with Crippen molar-refractivity contribution in [1.82, 2.24) is 10.2 Å². The molecule has 1 aromatic rings. The monoisotopic (exact) mass is 274 g/mol. The van der Waals surface area contributed by atoms with Crippen molar-refractivity contribution in [3.05, 3.63) is 35.9 Å². The SMILES string of the molecule is CCC(CC)C(C)N1CCCNC(c2ccccc2)C1. The molecule has 2 unspecified atom stereocenters. The lowest BCUT2D eigenvalue weighted by atomic mass is 9.93. The number of hydrogen-bond donors (Lipinski definition) is 1. The molecule has 1 fully saturated rings. The molecule has 0 radical (unpaired) electrons. The van der Waals surface area contributed by atoms with E-state index in [4.69, 9.17) is 0 Å². The van der Waals surface area contributed by atoms with Gasteiger partial charge in [0.15, 0.2) is 0 Å². The molecule has 0 amide bonds. The summed E-state index contributed by atoms with van der Waals surface area (Å²) >= 11 is 0. The molecule has 2 atom stereocenters. The molecule has 1 aliphatic heterocycles. The van der Waals surface area contributed by atoms with Crippen LogP contribution in [0.3, 0.4) is 0 Å². The first-order chi connectivity index (χ1) is 9.76. The highest BCUT2D eigenvalue weighted by molar-refractivity contribution is 5.19. The van der Waals surface area contributed by atoms with Crippen molar-refractivity contribution in [3.8, 4) is 0 Å². The maximum absolute atomic E-state index is 3.72. The summed E-state index contributed by atoms with van der Waals surface area (Å²) in [6, 6.07) is 12.1. The second kappa shape index (κ2) is 7.80. The minimum atomic E-state index is 0.482. The van der Waals surface area contributed by atoms with Crippen LogP contribution in [0.4, 0.5) is 0 Å². The van der Waals surface area contributed by atoms with E-state index >= 15 is 0 Å². The van der Waals surface area contributed by atoms with Crippen LogP contribution >= 0.6 is 0 Å². The van der Waals surface area contributed by atoms with E-state index in [1.165, 1.54) is 31.4 Å². The first kappa shape index (κ1) is 15.5. The normalized spacial score (nSPS) is 22.7. The molecule has 0 aromatic heterocycles. The Morgan fingerprint density at radius 3 is 2.55 bits per heavy atom. The lowest BCUT2D eigenvalue weighted by molar-refractivity contribution is 0.145. The second-order valence-electron chi connectivity index (χ2n) is 6.08. The fourth-order valence-corrected chi connectivity index (χ4v) is 3.50. The molecule has 2 nitrogen and oxygen atoms in total. The zero-order chi connectivity index (χ0) is 14.4. The molecule has 1 saturated heterocycles. The summed E-state index contributed by atoms with van der Waals surface area (Å²) in [6.07, 6.45) is 3.84. The van der Waals surface area contributed by atoms with Crippen molar-refractivity contribution < 1.29 is 0 Å². The zero-order valence-corrected chi connectivity index (χ0v) is 13.3. The topological polar surface area (TPSA) is 15.3 Å². The van der Waals surface area contributed by atoms with Gasteiger partial charge in [0.1, 0.15) is 0 Å². The van der Waals surface area contributed by atoms with Crippen LogP contribution in [-0.4, -0.2) is 30.6 Å². The third-order valence-corrected chi connectivity index (χ3v) is 4.94. The smallest absolute Gasteiger partial charge is 0.0449 e. The number of benzene rings is 1. The molecule has 0 bridgehead atoms. The Bertz CT molecular complexity index is 372. The number of nitrogens with one attached hydrogen (secondary N) is 1. The van der Waals surface area contributed by atoms with Crippen molar-refractivity contribution in [2.75, 3.05) is 19.6 Å².